The highest BCUT2D eigenvalue weighted by Gasteiger charge is 2.25. The van der Waals surface area contributed by atoms with Gasteiger partial charge in [0, 0.05) is 11.1 Å². The molecule has 1 aliphatic heterocycles. The van der Waals surface area contributed by atoms with Crippen molar-refractivity contribution in [3.05, 3.63) is 59.2 Å². The number of piperazine rings is 1. The van der Waals surface area contributed by atoms with Crippen molar-refractivity contribution in [2.24, 2.45) is 5.73 Å². The van der Waals surface area contributed by atoms with Crippen LogP contribution in [-0.4, -0.2) is 56.6 Å². The van der Waals surface area contributed by atoms with Gasteiger partial charge in [-0.05, 0) is 25.1 Å². The van der Waals surface area contributed by atoms with Crippen LogP contribution in [0.15, 0.2) is 42.5 Å². The number of nitrogens with zero attached hydrogens (tertiary/aromatic N) is 1. The molecule has 0 atom stereocenters. The van der Waals surface area contributed by atoms with E-state index in [1.165, 1.54) is 23.1 Å². The van der Waals surface area contributed by atoms with Gasteiger partial charge < -0.3 is 25.0 Å². The number of aryl methyl sites for hydroxylation is 1. The predicted octanol–water partition coefficient (Wildman–Crippen LogP) is 0.409. The SMILES string of the molecule is COc1cc(C(=O)N2CC[NH+](Cc3cccc(C)c3)CC2)ccc1OCC(N)=O. The molecule has 0 aliphatic carbocycles. The molecule has 154 valence electrons. The van der Waals surface area contributed by atoms with Crippen molar-refractivity contribution in [2.75, 3.05) is 39.9 Å². The Labute approximate surface area is 171 Å². The lowest BCUT2D eigenvalue weighted by Gasteiger charge is -2.32. The zero-order chi connectivity index (χ0) is 20.8. The van der Waals surface area contributed by atoms with Crippen molar-refractivity contribution in [3.63, 3.8) is 0 Å². The molecule has 0 spiro atoms. The van der Waals surface area contributed by atoms with Gasteiger partial charge in [0.25, 0.3) is 11.8 Å². The molecule has 0 unspecified atom stereocenters. The summed E-state index contributed by atoms with van der Waals surface area (Å²) in [6, 6.07) is 13.5. The molecular weight excluding hydrogens is 370 g/mol. The van der Waals surface area contributed by atoms with Gasteiger partial charge >= 0.3 is 0 Å². The first-order chi connectivity index (χ1) is 14.0. The molecule has 0 aromatic heterocycles. The standard InChI is InChI=1S/C22H27N3O4/c1-16-4-3-5-17(12-16)14-24-8-10-25(11-9-24)22(27)18-6-7-19(20(13-18)28-2)29-15-21(23)26/h3-7,12-13H,8-11,14-15H2,1-2H3,(H2,23,26)/p+1. The number of carbonyl (C=O) groups is 2. The molecule has 1 aliphatic rings. The highest BCUT2D eigenvalue weighted by Crippen LogP contribution is 2.28. The molecule has 3 N–H and O–H groups in total. The first kappa shape index (κ1) is 20.7. The van der Waals surface area contributed by atoms with Crippen LogP contribution in [0.4, 0.5) is 0 Å². The maximum Gasteiger partial charge on any atom is 0.255 e. The fourth-order valence-electron chi connectivity index (χ4n) is 3.56. The Balaban J connectivity index is 1.59. The maximum atomic E-state index is 12.9. The van der Waals surface area contributed by atoms with Crippen LogP contribution in [-0.2, 0) is 11.3 Å². The molecule has 2 amide bonds. The summed E-state index contributed by atoms with van der Waals surface area (Å²) < 4.78 is 10.6. The number of nitrogens with two attached hydrogens (primary N) is 1. The van der Waals surface area contributed by atoms with Crippen LogP contribution in [0.1, 0.15) is 21.5 Å². The van der Waals surface area contributed by atoms with Crippen LogP contribution in [0, 0.1) is 6.92 Å². The van der Waals surface area contributed by atoms with E-state index >= 15 is 0 Å². The Morgan fingerprint density at radius 1 is 1.10 bits per heavy atom. The Kier molecular flexibility index (Phi) is 6.72. The normalized spacial score (nSPS) is 14.5. The van der Waals surface area contributed by atoms with E-state index in [9.17, 15) is 9.59 Å². The molecule has 0 saturated carbocycles. The smallest absolute Gasteiger partial charge is 0.255 e. The summed E-state index contributed by atoms with van der Waals surface area (Å²) in [4.78, 5) is 27.2. The number of hydrogen-bond acceptors (Lipinski definition) is 4. The summed E-state index contributed by atoms with van der Waals surface area (Å²) in [6.45, 7) is 6.09. The zero-order valence-corrected chi connectivity index (χ0v) is 16.9. The maximum absolute atomic E-state index is 12.9. The average Bonchev–Trinajstić information content (AvgIpc) is 2.72. The van der Waals surface area contributed by atoms with Crippen molar-refractivity contribution in [1.82, 2.24) is 4.90 Å². The first-order valence-electron chi connectivity index (χ1n) is 9.74. The van der Waals surface area contributed by atoms with Crippen LogP contribution in [0.2, 0.25) is 0 Å². The molecule has 2 aromatic carbocycles. The molecule has 1 saturated heterocycles. The minimum absolute atomic E-state index is 0.0284. The van der Waals surface area contributed by atoms with Crippen LogP contribution in [0.3, 0.4) is 0 Å². The van der Waals surface area contributed by atoms with Gasteiger partial charge in [0.1, 0.15) is 6.54 Å². The van der Waals surface area contributed by atoms with E-state index in [0.29, 0.717) is 30.2 Å². The molecule has 7 nitrogen and oxygen atoms in total. The van der Waals surface area contributed by atoms with E-state index in [4.69, 9.17) is 15.2 Å². The van der Waals surface area contributed by atoms with E-state index in [2.05, 4.69) is 31.2 Å². The molecule has 7 heteroatoms. The van der Waals surface area contributed by atoms with E-state index in [-0.39, 0.29) is 12.5 Å². The summed E-state index contributed by atoms with van der Waals surface area (Å²) >= 11 is 0. The second-order valence-corrected chi connectivity index (χ2v) is 7.33. The Bertz CT molecular complexity index is 876. The molecule has 1 fully saturated rings. The fraction of sp³-hybridized carbons (Fsp3) is 0.364. The third kappa shape index (κ3) is 5.48. The topological polar surface area (TPSA) is 86.3 Å². The van der Waals surface area contributed by atoms with Crippen LogP contribution < -0.4 is 20.1 Å². The number of amides is 2. The van der Waals surface area contributed by atoms with Crippen molar-refractivity contribution in [3.8, 4) is 11.5 Å². The molecule has 1 heterocycles. The van der Waals surface area contributed by atoms with Gasteiger partial charge in [-0.2, -0.15) is 0 Å². The van der Waals surface area contributed by atoms with E-state index < -0.39 is 5.91 Å². The van der Waals surface area contributed by atoms with Gasteiger partial charge in [-0.1, -0.05) is 29.8 Å². The summed E-state index contributed by atoms with van der Waals surface area (Å²) in [5, 5.41) is 0. The van der Waals surface area contributed by atoms with Gasteiger partial charge in [-0.25, -0.2) is 0 Å². The van der Waals surface area contributed by atoms with E-state index in [0.717, 1.165) is 19.6 Å². The van der Waals surface area contributed by atoms with Crippen LogP contribution in [0.5, 0.6) is 11.5 Å². The summed E-state index contributed by atoms with van der Waals surface area (Å²) in [6.07, 6.45) is 0. The van der Waals surface area contributed by atoms with Gasteiger partial charge in [0.05, 0.1) is 33.3 Å². The average molecular weight is 398 g/mol. The van der Waals surface area contributed by atoms with Crippen molar-refractivity contribution in [2.45, 2.75) is 13.5 Å². The van der Waals surface area contributed by atoms with Crippen molar-refractivity contribution < 1.29 is 24.0 Å². The third-order valence-electron chi connectivity index (χ3n) is 5.07. The van der Waals surface area contributed by atoms with E-state index in [1.54, 1.807) is 18.2 Å². The summed E-state index contributed by atoms with van der Waals surface area (Å²) in [7, 11) is 1.49. The lowest BCUT2D eigenvalue weighted by Crippen LogP contribution is -3.13. The minimum atomic E-state index is -0.571. The van der Waals surface area contributed by atoms with Crippen LogP contribution in [0.25, 0.3) is 0 Å². The number of methoxy groups -OCH3 is 1. The number of benzene rings is 2. The van der Waals surface area contributed by atoms with Gasteiger partial charge in [0.2, 0.25) is 0 Å². The van der Waals surface area contributed by atoms with Gasteiger partial charge in [-0.3, -0.25) is 9.59 Å². The van der Waals surface area contributed by atoms with Crippen molar-refractivity contribution in [1.29, 1.82) is 0 Å². The Morgan fingerprint density at radius 2 is 1.86 bits per heavy atom. The number of carbonyl (C=O) groups excluding carboxylic acids is 2. The van der Waals surface area contributed by atoms with Gasteiger partial charge in [-0.15, -0.1) is 0 Å². The second kappa shape index (κ2) is 9.43. The Morgan fingerprint density at radius 3 is 2.52 bits per heavy atom. The molecule has 3 rings (SSSR count). The monoisotopic (exact) mass is 398 g/mol. The predicted molar refractivity (Wildman–Crippen MR) is 109 cm³/mol. The zero-order valence-electron chi connectivity index (χ0n) is 16.9. The third-order valence-corrected chi connectivity index (χ3v) is 5.07. The molecule has 2 aromatic rings. The number of rotatable bonds is 7. The number of ether oxygens (including phenoxy) is 2. The fourth-order valence-corrected chi connectivity index (χ4v) is 3.56. The number of quaternary nitrogens is 1. The highest BCUT2D eigenvalue weighted by molar-refractivity contribution is 5.95. The second-order valence-electron chi connectivity index (χ2n) is 7.33. The highest BCUT2D eigenvalue weighted by atomic mass is 16.5. The minimum Gasteiger partial charge on any atom is -0.493 e. The summed E-state index contributed by atoms with van der Waals surface area (Å²) in [5.41, 5.74) is 8.25. The molecule has 0 radical (unpaired) electrons. The quantitative estimate of drug-likeness (QED) is 0.707. The van der Waals surface area contributed by atoms with Crippen LogP contribution >= 0.6 is 0 Å². The number of hydrogen-bond donors (Lipinski definition) is 2. The van der Waals surface area contributed by atoms with Gasteiger partial charge in [0.15, 0.2) is 18.1 Å². The van der Waals surface area contributed by atoms with Crippen molar-refractivity contribution >= 4 is 11.8 Å². The number of primary amides is 1. The largest absolute Gasteiger partial charge is 0.493 e. The molecule has 29 heavy (non-hydrogen) atoms. The first-order valence-corrected chi connectivity index (χ1v) is 9.74. The lowest BCUT2D eigenvalue weighted by molar-refractivity contribution is -0.917. The lowest BCUT2D eigenvalue weighted by atomic mass is 10.1. The molecular formula is C22H28N3O4+. The number of nitrogens with one attached hydrogen (secondary N) is 1. The van der Waals surface area contributed by atoms with E-state index in [1.807, 2.05) is 4.90 Å². The summed E-state index contributed by atoms with van der Waals surface area (Å²) in [5.74, 6) is 0.189. The Hall–Kier alpha value is -3.06. The molecule has 0 bridgehead atoms.